The van der Waals surface area contributed by atoms with Crippen LogP contribution in [0.25, 0.3) is 0 Å². The molecule has 0 amide bonds. The number of hydrogen-bond donors (Lipinski definition) is 1. The third-order valence-electron chi connectivity index (χ3n) is 2.12. The van der Waals surface area contributed by atoms with E-state index in [4.69, 9.17) is 0 Å². The average molecular weight is 270 g/mol. The van der Waals surface area contributed by atoms with E-state index in [0.717, 1.165) is 29.5 Å². The van der Waals surface area contributed by atoms with Crippen LogP contribution in [0.3, 0.4) is 0 Å². The lowest BCUT2D eigenvalue weighted by Crippen LogP contribution is -2.18. The fourth-order valence-electron chi connectivity index (χ4n) is 1.28. The van der Waals surface area contributed by atoms with Crippen molar-refractivity contribution in [3.63, 3.8) is 0 Å². The van der Waals surface area contributed by atoms with Crippen LogP contribution < -0.4 is 5.32 Å². The van der Waals surface area contributed by atoms with Gasteiger partial charge in [-0.15, -0.1) is 0 Å². The van der Waals surface area contributed by atoms with E-state index in [1.165, 1.54) is 0 Å². The zero-order valence-corrected chi connectivity index (χ0v) is 10.5. The maximum Gasteiger partial charge on any atom is 0.164 e. The summed E-state index contributed by atoms with van der Waals surface area (Å²) in [5.74, 6) is 0.200. The summed E-state index contributed by atoms with van der Waals surface area (Å²) in [6, 6.07) is 7.50. The molecule has 0 radical (unpaired) electrons. The minimum Gasteiger partial charge on any atom is -0.316 e. The first-order valence-corrected chi connectivity index (χ1v) is 6.03. The first-order valence-electron chi connectivity index (χ1n) is 5.23. The van der Waals surface area contributed by atoms with E-state index in [0.29, 0.717) is 6.42 Å². The summed E-state index contributed by atoms with van der Waals surface area (Å²) in [5.41, 5.74) is 0.788. The van der Waals surface area contributed by atoms with Gasteiger partial charge < -0.3 is 5.32 Å². The van der Waals surface area contributed by atoms with Gasteiger partial charge in [0, 0.05) is 23.0 Å². The number of carbonyl (C=O) groups is 1. The molecule has 82 valence electrons. The maximum absolute atomic E-state index is 11.7. The van der Waals surface area contributed by atoms with Crippen molar-refractivity contribution in [2.24, 2.45) is 0 Å². The van der Waals surface area contributed by atoms with Gasteiger partial charge >= 0.3 is 0 Å². The fraction of sp³-hybridized carbons (Fsp3) is 0.417. The summed E-state index contributed by atoms with van der Waals surface area (Å²) in [7, 11) is 0. The van der Waals surface area contributed by atoms with Gasteiger partial charge in [-0.2, -0.15) is 0 Å². The van der Waals surface area contributed by atoms with Crippen molar-refractivity contribution in [2.75, 3.05) is 13.1 Å². The first-order chi connectivity index (χ1) is 7.24. The van der Waals surface area contributed by atoms with Gasteiger partial charge in [-0.3, -0.25) is 4.79 Å². The molecule has 0 atom stereocenters. The van der Waals surface area contributed by atoms with Crippen LogP contribution >= 0.6 is 15.9 Å². The summed E-state index contributed by atoms with van der Waals surface area (Å²) in [4.78, 5) is 11.7. The highest BCUT2D eigenvalue weighted by atomic mass is 79.9. The molecule has 1 aromatic carbocycles. The Bertz CT molecular complexity index is 308. The van der Waals surface area contributed by atoms with Gasteiger partial charge in [-0.05, 0) is 25.1 Å². The second-order valence-corrected chi connectivity index (χ2v) is 4.35. The van der Waals surface area contributed by atoms with E-state index in [1.807, 2.05) is 24.3 Å². The van der Waals surface area contributed by atoms with Crippen LogP contribution in [0.1, 0.15) is 30.1 Å². The number of halogens is 1. The largest absolute Gasteiger partial charge is 0.316 e. The van der Waals surface area contributed by atoms with Crippen molar-refractivity contribution in [1.82, 2.24) is 5.32 Å². The SMILES string of the molecule is CCCNCCC(=O)c1ccc(Br)cc1. The molecular formula is C12H16BrNO. The molecule has 0 spiro atoms. The Balaban J connectivity index is 2.37. The van der Waals surface area contributed by atoms with Crippen LogP contribution in [0.5, 0.6) is 0 Å². The molecule has 0 heterocycles. The van der Waals surface area contributed by atoms with Gasteiger partial charge in [0.15, 0.2) is 5.78 Å². The third-order valence-corrected chi connectivity index (χ3v) is 2.65. The van der Waals surface area contributed by atoms with Gasteiger partial charge in [-0.1, -0.05) is 35.0 Å². The molecule has 3 heteroatoms. The maximum atomic E-state index is 11.7. The Morgan fingerprint density at radius 1 is 1.27 bits per heavy atom. The number of carbonyl (C=O) groups excluding carboxylic acids is 1. The Morgan fingerprint density at radius 3 is 2.53 bits per heavy atom. The molecule has 1 aromatic rings. The molecule has 2 nitrogen and oxygen atoms in total. The fourth-order valence-corrected chi connectivity index (χ4v) is 1.55. The number of hydrogen-bond acceptors (Lipinski definition) is 2. The second kappa shape index (κ2) is 6.75. The summed E-state index contributed by atoms with van der Waals surface area (Å²) < 4.78 is 1.00. The Labute approximate surface area is 99.2 Å². The van der Waals surface area contributed by atoms with Crippen LogP contribution in [0.2, 0.25) is 0 Å². The van der Waals surface area contributed by atoms with E-state index in [1.54, 1.807) is 0 Å². The summed E-state index contributed by atoms with van der Waals surface area (Å²) in [6.45, 7) is 3.86. The molecular weight excluding hydrogens is 254 g/mol. The summed E-state index contributed by atoms with van der Waals surface area (Å²) >= 11 is 3.34. The van der Waals surface area contributed by atoms with Gasteiger partial charge in [-0.25, -0.2) is 0 Å². The van der Waals surface area contributed by atoms with Crippen molar-refractivity contribution in [1.29, 1.82) is 0 Å². The molecule has 0 unspecified atom stereocenters. The highest BCUT2D eigenvalue weighted by Crippen LogP contribution is 2.11. The van der Waals surface area contributed by atoms with Crippen molar-refractivity contribution in [2.45, 2.75) is 19.8 Å². The molecule has 0 aromatic heterocycles. The summed E-state index contributed by atoms with van der Waals surface area (Å²) in [6.07, 6.45) is 1.67. The van der Waals surface area contributed by atoms with Gasteiger partial charge in [0.2, 0.25) is 0 Å². The number of benzene rings is 1. The molecule has 0 saturated carbocycles. The van der Waals surface area contributed by atoms with Crippen molar-refractivity contribution in [3.8, 4) is 0 Å². The molecule has 0 aliphatic rings. The smallest absolute Gasteiger partial charge is 0.164 e. The second-order valence-electron chi connectivity index (χ2n) is 3.43. The zero-order valence-electron chi connectivity index (χ0n) is 8.92. The summed E-state index contributed by atoms with van der Waals surface area (Å²) in [5, 5.41) is 3.22. The van der Waals surface area contributed by atoms with Gasteiger partial charge in [0.1, 0.15) is 0 Å². The molecule has 1 rings (SSSR count). The highest BCUT2D eigenvalue weighted by molar-refractivity contribution is 9.10. The lowest BCUT2D eigenvalue weighted by Gasteiger charge is -2.02. The Kier molecular flexibility index (Phi) is 5.58. The van der Waals surface area contributed by atoms with E-state index >= 15 is 0 Å². The predicted molar refractivity (Wildman–Crippen MR) is 66.3 cm³/mol. The van der Waals surface area contributed by atoms with Crippen LogP contribution in [0, 0.1) is 0 Å². The number of Topliss-reactive ketones (excluding diaryl/α,β-unsaturated/α-hetero) is 1. The number of nitrogens with one attached hydrogen (secondary N) is 1. The predicted octanol–water partition coefficient (Wildman–Crippen LogP) is 3.02. The van der Waals surface area contributed by atoms with Crippen molar-refractivity contribution < 1.29 is 4.79 Å². The molecule has 1 N–H and O–H groups in total. The van der Waals surface area contributed by atoms with Crippen LogP contribution in [-0.2, 0) is 0 Å². The van der Waals surface area contributed by atoms with E-state index in [2.05, 4.69) is 28.2 Å². The van der Waals surface area contributed by atoms with Crippen LogP contribution in [-0.4, -0.2) is 18.9 Å². The Hall–Kier alpha value is -0.670. The third kappa shape index (κ3) is 4.58. The van der Waals surface area contributed by atoms with Crippen molar-refractivity contribution in [3.05, 3.63) is 34.3 Å². The molecule has 15 heavy (non-hydrogen) atoms. The van der Waals surface area contributed by atoms with Crippen molar-refractivity contribution >= 4 is 21.7 Å². The number of rotatable bonds is 6. The lowest BCUT2D eigenvalue weighted by molar-refractivity contribution is 0.0982. The minimum atomic E-state index is 0.200. The standard InChI is InChI=1S/C12H16BrNO/c1-2-8-14-9-7-12(15)10-3-5-11(13)6-4-10/h3-6,14H,2,7-9H2,1H3. The molecule has 0 aliphatic heterocycles. The number of ketones is 1. The Morgan fingerprint density at radius 2 is 1.93 bits per heavy atom. The molecule has 0 bridgehead atoms. The van der Waals surface area contributed by atoms with Crippen LogP contribution in [0.15, 0.2) is 28.7 Å². The monoisotopic (exact) mass is 269 g/mol. The van der Waals surface area contributed by atoms with E-state index in [-0.39, 0.29) is 5.78 Å². The van der Waals surface area contributed by atoms with E-state index < -0.39 is 0 Å². The van der Waals surface area contributed by atoms with Gasteiger partial charge in [0.05, 0.1) is 0 Å². The first kappa shape index (κ1) is 12.4. The lowest BCUT2D eigenvalue weighted by atomic mass is 10.1. The van der Waals surface area contributed by atoms with Crippen LogP contribution in [0.4, 0.5) is 0 Å². The molecule has 0 fully saturated rings. The average Bonchev–Trinajstić information content (AvgIpc) is 2.25. The normalized spacial score (nSPS) is 10.3. The highest BCUT2D eigenvalue weighted by Gasteiger charge is 2.04. The molecule has 0 aliphatic carbocycles. The zero-order chi connectivity index (χ0) is 11.1. The quantitative estimate of drug-likeness (QED) is 0.636. The minimum absolute atomic E-state index is 0.200. The van der Waals surface area contributed by atoms with Gasteiger partial charge in [0.25, 0.3) is 0 Å². The molecule has 0 saturated heterocycles. The van der Waals surface area contributed by atoms with E-state index in [9.17, 15) is 4.79 Å². The topological polar surface area (TPSA) is 29.1 Å².